The minimum atomic E-state index is 0.440. The first-order valence-electron chi connectivity index (χ1n) is 5.16. The molecule has 5 heteroatoms. The summed E-state index contributed by atoms with van der Waals surface area (Å²) in [4.78, 5) is 5.38. The van der Waals surface area contributed by atoms with Crippen LogP contribution in [-0.2, 0) is 13.1 Å². The van der Waals surface area contributed by atoms with Crippen molar-refractivity contribution in [1.29, 1.82) is 0 Å². The van der Waals surface area contributed by atoms with Crippen LogP contribution in [0.2, 0.25) is 0 Å². The van der Waals surface area contributed by atoms with Gasteiger partial charge in [-0.15, -0.1) is 11.3 Å². The van der Waals surface area contributed by atoms with E-state index in [2.05, 4.69) is 49.2 Å². The molecule has 1 N–H and O–H groups in total. The fourth-order valence-electron chi connectivity index (χ4n) is 1.50. The molecular weight excluding hydrogens is 286 g/mol. The Bertz CT molecular complexity index is 424. The first kappa shape index (κ1) is 11.8. The van der Waals surface area contributed by atoms with Crippen LogP contribution in [0.1, 0.15) is 11.8 Å². The van der Waals surface area contributed by atoms with Crippen molar-refractivity contribution in [1.82, 2.24) is 14.9 Å². The quantitative estimate of drug-likeness (QED) is 0.920. The lowest BCUT2D eigenvalue weighted by Crippen LogP contribution is -2.29. The molecule has 0 aliphatic heterocycles. The molecule has 2 rings (SSSR count). The molecule has 2 aromatic rings. The van der Waals surface area contributed by atoms with Crippen LogP contribution < -0.4 is 5.32 Å². The van der Waals surface area contributed by atoms with Gasteiger partial charge in [-0.2, -0.15) is 0 Å². The maximum atomic E-state index is 4.03. The minimum Gasteiger partial charge on any atom is -0.336 e. The molecule has 0 fully saturated rings. The summed E-state index contributed by atoms with van der Waals surface area (Å²) < 4.78 is 3.25. The van der Waals surface area contributed by atoms with Crippen LogP contribution in [0.15, 0.2) is 34.6 Å². The molecule has 0 saturated carbocycles. The van der Waals surface area contributed by atoms with E-state index in [1.54, 1.807) is 11.3 Å². The summed E-state index contributed by atoms with van der Waals surface area (Å²) in [7, 11) is 0. The van der Waals surface area contributed by atoms with Crippen LogP contribution in [-0.4, -0.2) is 15.6 Å². The zero-order chi connectivity index (χ0) is 11.4. The summed E-state index contributed by atoms with van der Waals surface area (Å²) in [5.41, 5.74) is 0. The van der Waals surface area contributed by atoms with E-state index >= 15 is 0 Å². The molecule has 86 valence electrons. The van der Waals surface area contributed by atoms with Crippen LogP contribution in [0.3, 0.4) is 0 Å². The lowest BCUT2D eigenvalue weighted by molar-refractivity contribution is 0.478. The molecule has 2 heterocycles. The molecule has 0 amide bonds. The summed E-state index contributed by atoms with van der Waals surface area (Å²) in [5, 5.41) is 5.60. The van der Waals surface area contributed by atoms with Gasteiger partial charge in [0.15, 0.2) is 0 Å². The number of aromatic nitrogens is 2. The Morgan fingerprint density at radius 2 is 2.50 bits per heavy atom. The first-order chi connectivity index (χ1) is 7.74. The van der Waals surface area contributed by atoms with Gasteiger partial charge in [-0.05, 0) is 28.9 Å². The third kappa shape index (κ3) is 3.43. The van der Waals surface area contributed by atoms with Crippen molar-refractivity contribution >= 4 is 27.3 Å². The summed E-state index contributed by atoms with van der Waals surface area (Å²) >= 11 is 5.23. The van der Waals surface area contributed by atoms with Crippen molar-refractivity contribution in [3.8, 4) is 0 Å². The second-order valence-electron chi connectivity index (χ2n) is 3.77. The van der Waals surface area contributed by atoms with Gasteiger partial charge < -0.3 is 9.88 Å². The van der Waals surface area contributed by atoms with E-state index < -0.39 is 0 Å². The SMILES string of the molecule is CC(Cn1ccnc1)NCc1cc(Br)cs1. The van der Waals surface area contributed by atoms with Gasteiger partial charge in [-0.25, -0.2) is 4.98 Å². The zero-order valence-corrected chi connectivity index (χ0v) is 11.5. The predicted molar refractivity (Wildman–Crippen MR) is 70.5 cm³/mol. The number of nitrogens with one attached hydrogen (secondary N) is 1. The Kier molecular flexibility index (Phi) is 4.15. The summed E-state index contributed by atoms with van der Waals surface area (Å²) in [6.45, 7) is 4.06. The molecule has 0 spiro atoms. The molecular formula is C11H14BrN3S. The first-order valence-corrected chi connectivity index (χ1v) is 6.83. The van der Waals surface area contributed by atoms with E-state index in [1.807, 2.05) is 18.7 Å². The summed E-state index contributed by atoms with van der Waals surface area (Å²) in [6.07, 6.45) is 5.64. The standard InChI is InChI=1S/C11H14BrN3S/c1-9(6-15-3-2-13-8-15)14-5-11-4-10(12)7-16-11/h2-4,7-9,14H,5-6H2,1H3. The highest BCUT2D eigenvalue weighted by Crippen LogP contribution is 2.19. The fraction of sp³-hybridized carbons (Fsp3) is 0.364. The van der Waals surface area contributed by atoms with E-state index in [1.165, 1.54) is 4.88 Å². The van der Waals surface area contributed by atoms with Gasteiger partial charge in [0, 0.05) is 46.3 Å². The van der Waals surface area contributed by atoms with Crippen LogP contribution >= 0.6 is 27.3 Å². The van der Waals surface area contributed by atoms with E-state index in [4.69, 9.17) is 0 Å². The highest BCUT2D eigenvalue weighted by molar-refractivity contribution is 9.10. The highest BCUT2D eigenvalue weighted by Gasteiger charge is 2.03. The number of halogens is 1. The molecule has 0 bridgehead atoms. The maximum absolute atomic E-state index is 4.03. The van der Waals surface area contributed by atoms with Gasteiger partial charge in [0.1, 0.15) is 0 Å². The largest absolute Gasteiger partial charge is 0.336 e. The molecule has 0 aliphatic carbocycles. The normalized spacial score (nSPS) is 12.9. The second kappa shape index (κ2) is 5.61. The number of hydrogen-bond donors (Lipinski definition) is 1. The third-order valence-corrected chi connectivity index (χ3v) is 3.99. The van der Waals surface area contributed by atoms with Crippen molar-refractivity contribution in [2.45, 2.75) is 26.1 Å². The van der Waals surface area contributed by atoms with Crippen LogP contribution in [0.4, 0.5) is 0 Å². The number of hydrogen-bond acceptors (Lipinski definition) is 3. The molecule has 3 nitrogen and oxygen atoms in total. The van der Waals surface area contributed by atoms with Crippen LogP contribution in [0.5, 0.6) is 0 Å². The Labute approximate surface area is 108 Å². The molecule has 2 aromatic heterocycles. The van der Waals surface area contributed by atoms with E-state index in [9.17, 15) is 0 Å². The Morgan fingerprint density at radius 1 is 1.62 bits per heavy atom. The molecule has 0 radical (unpaired) electrons. The average molecular weight is 300 g/mol. The third-order valence-electron chi connectivity index (χ3n) is 2.29. The van der Waals surface area contributed by atoms with Crippen molar-refractivity contribution < 1.29 is 0 Å². The maximum Gasteiger partial charge on any atom is 0.0946 e. The van der Waals surface area contributed by atoms with Crippen molar-refractivity contribution in [2.24, 2.45) is 0 Å². The van der Waals surface area contributed by atoms with Crippen LogP contribution in [0, 0.1) is 0 Å². The fourth-order valence-corrected chi connectivity index (χ4v) is 2.90. The molecule has 1 atom stereocenters. The number of nitrogens with zero attached hydrogens (tertiary/aromatic N) is 2. The zero-order valence-electron chi connectivity index (χ0n) is 9.06. The smallest absolute Gasteiger partial charge is 0.0946 e. The average Bonchev–Trinajstić information content (AvgIpc) is 2.87. The van der Waals surface area contributed by atoms with Crippen molar-refractivity contribution in [3.05, 3.63) is 39.5 Å². The van der Waals surface area contributed by atoms with Gasteiger partial charge in [0.05, 0.1) is 6.33 Å². The van der Waals surface area contributed by atoms with E-state index in [0.29, 0.717) is 6.04 Å². The van der Waals surface area contributed by atoms with Crippen molar-refractivity contribution in [2.75, 3.05) is 0 Å². The van der Waals surface area contributed by atoms with Crippen LogP contribution in [0.25, 0.3) is 0 Å². The van der Waals surface area contributed by atoms with Gasteiger partial charge in [0.25, 0.3) is 0 Å². The lowest BCUT2D eigenvalue weighted by atomic mass is 10.3. The highest BCUT2D eigenvalue weighted by atomic mass is 79.9. The van der Waals surface area contributed by atoms with E-state index in [-0.39, 0.29) is 0 Å². The Hall–Kier alpha value is -0.650. The lowest BCUT2D eigenvalue weighted by Gasteiger charge is -2.13. The van der Waals surface area contributed by atoms with Gasteiger partial charge >= 0.3 is 0 Å². The monoisotopic (exact) mass is 299 g/mol. The summed E-state index contributed by atoms with van der Waals surface area (Å²) in [5.74, 6) is 0. The molecule has 1 unspecified atom stereocenters. The van der Waals surface area contributed by atoms with Crippen molar-refractivity contribution in [3.63, 3.8) is 0 Å². The Balaban J connectivity index is 1.77. The van der Waals surface area contributed by atoms with Gasteiger partial charge in [0.2, 0.25) is 0 Å². The number of imidazole rings is 1. The second-order valence-corrected chi connectivity index (χ2v) is 5.68. The van der Waals surface area contributed by atoms with Gasteiger partial charge in [-0.3, -0.25) is 0 Å². The molecule has 0 saturated heterocycles. The van der Waals surface area contributed by atoms with E-state index in [0.717, 1.165) is 17.6 Å². The molecule has 16 heavy (non-hydrogen) atoms. The molecule has 0 aromatic carbocycles. The predicted octanol–water partition coefficient (Wildman–Crippen LogP) is 2.89. The Morgan fingerprint density at radius 3 is 3.12 bits per heavy atom. The molecule has 0 aliphatic rings. The number of thiophene rings is 1. The number of rotatable bonds is 5. The topological polar surface area (TPSA) is 29.9 Å². The minimum absolute atomic E-state index is 0.440. The summed E-state index contributed by atoms with van der Waals surface area (Å²) in [6, 6.07) is 2.59. The van der Waals surface area contributed by atoms with Gasteiger partial charge in [-0.1, -0.05) is 0 Å².